The second-order valence-corrected chi connectivity index (χ2v) is 5.37. The average Bonchev–Trinajstić information content (AvgIpc) is 2.59. The van der Waals surface area contributed by atoms with E-state index in [4.69, 9.17) is 9.47 Å². The molecule has 1 unspecified atom stereocenters. The van der Waals surface area contributed by atoms with Crippen LogP contribution in [0.15, 0.2) is 42.5 Å². The molecule has 0 fully saturated rings. The first-order chi connectivity index (χ1) is 11.1. The molecule has 1 N–H and O–H groups in total. The molecule has 0 aliphatic rings. The van der Waals surface area contributed by atoms with Crippen LogP contribution in [0.5, 0.6) is 11.5 Å². The molecule has 2 aromatic rings. The van der Waals surface area contributed by atoms with Gasteiger partial charge in [0.2, 0.25) is 0 Å². The minimum absolute atomic E-state index is 0.369. The molecule has 0 spiro atoms. The van der Waals surface area contributed by atoms with E-state index in [0.29, 0.717) is 17.9 Å². The second kappa shape index (κ2) is 7.68. The van der Waals surface area contributed by atoms with Gasteiger partial charge in [0.1, 0.15) is 11.5 Å². The summed E-state index contributed by atoms with van der Waals surface area (Å²) in [7, 11) is 3.16. The molecule has 0 radical (unpaired) electrons. The first kappa shape index (κ1) is 16.9. The Morgan fingerprint density at radius 3 is 2.30 bits per heavy atom. The molecule has 0 aliphatic heterocycles. The summed E-state index contributed by atoms with van der Waals surface area (Å²) in [6.45, 7) is 2.08. The van der Waals surface area contributed by atoms with Crippen molar-refractivity contribution in [1.82, 2.24) is 0 Å². The standard InChI is InChI=1S/C19H22O4/c1-4-13-5-7-14(8-6-13)17(19(20)21)11-15-9-10-16(22-2)12-18(15)23-3/h5-10,12,17H,4,11H2,1-3H3,(H,20,21). The molecule has 0 aliphatic carbocycles. The zero-order chi connectivity index (χ0) is 16.8. The lowest BCUT2D eigenvalue weighted by molar-refractivity contribution is -0.138. The maximum atomic E-state index is 11.7. The molecule has 122 valence electrons. The highest BCUT2D eigenvalue weighted by Crippen LogP contribution is 2.30. The van der Waals surface area contributed by atoms with Crippen molar-refractivity contribution >= 4 is 5.97 Å². The Labute approximate surface area is 136 Å². The number of aliphatic carboxylic acids is 1. The fourth-order valence-corrected chi connectivity index (χ4v) is 2.57. The first-order valence-corrected chi connectivity index (χ1v) is 7.61. The van der Waals surface area contributed by atoms with Crippen molar-refractivity contribution < 1.29 is 19.4 Å². The predicted molar refractivity (Wildman–Crippen MR) is 89.4 cm³/mol. The normalized spacial score (nSPS) is 11.8. The van der Waals surface area contributed by atoms with E-state index in [9.17, 15) is 9.90 Å². The van der Waals surface area contributed by atoms with Crippen molar-refractivity contribution in [2.45, 2.75) is 25.7 Å². The summed E-state index contributed by atoms with van der Waals surface area (Å²) in [5, 5.41) is 9.61. The third-order valence-corrected chi connectivity index (χ3v) is 4.01. The third-order valence-electron chi connectivity index (χ3n) is 4.01. The van der Waals surface area contributed by atoms with E-state index in [-0.39, 0.29) is 0 Å². The monoisotopic (exact) mass is 314 g/mol. The SMILES string of the molecule is CCc1ccc(C(Cc2ccc(OC)cc2OC)C(=O)O)cc1. The highest BCUT2D eigenvalue weighted by molar-refractivity contribution is 5.76. The number of rotatable bonds is 7. The molecule has 0 heterocycles. The van der Waals surface area contributed by atoms with Gasteiger partial charge in [-0.15, -0.1) is 0 Å². The summed E-state index contributed by atoms with van der Waals surface area (Å²) in [5.74, 6) is -0.124. The lowest BCUT2D eigenvalue weighted by Gasteiger charge is -2.16. The fourth-order valence-electron chi connectivity index (χ4n) is 2.57. The lowest BCUT2D eigenvalue weighted by atomic mass is 9.91. The van der Waals surface area contributed by atoms with E-state index in [0.717, 1.165) is 17.5 Å². The van der Waals surface area contributed by atoms with Crippen LogP contribution in [0.2, 0.25) is 0 Å². The number of methoxy groups -OCH3 is 2. The Morgan fingerprint density at radius 1 is 1.09 bits per heavy atom. The third kappa shape index (κ3) is 4.03. The van der Waals surface area contributed by atoms with Gasteiger partial charge in [-0.3, -0.25) is 4.79 Å². The van der Waals surface area contributed by atoms with Gasteiger partial charge in [0.25, 0.3) is 0 Å². The number of benzene rings is 2. The highest BCUT2D eigenvalue weighted by atomic mass is 16.5. The molecule has 4 nitrogen and oxygen atoms in total. The lowest BCUT2D eigenvalue weighted by Crippen LogP contribution is -2.15. The summed E-state index contributed by atoms with van der Waals surface area (Å²) in [4.78, 5) is 11.7. The van der Waals surface area contributed by atoms with E-state index in [1.54, 1.807) is 20.3 Å². The summed E-state index contributed by atoms with van der Waals surface area (Å²) >= 11 is 0. The summed E-state index contributed by atoms with van der Waals surface area (Å²) in [6, 6.07) is 13.2. The van der Waals surface area contributed by atoms with Crippen molar-refractivity contribution in [2.75, 3.05) is 14.2 Å². The largest absolute Gasteiger partial charge is 0.497 e. The van der Waals surface area contributed by atoms with Crippen molar-refractivity contribution in [3.63, 3.8) is 0 Å². The number of carboxylic acids is 1. The van der Waals surface area contributed by atoms with E-state index >= 15 is 0 Å². The van der Waals surface area contributed by atoms with E-state index in [1.807, 2.05) is 36.4 Å². The molecule has 0 amide bonds. The van der Waals surface area contributed by atoms with Gasteiger partial charge in [-0.25, -0.2) is 0 Å². The number of ether oxygens (including phenoxy) is 2. The van der Waals surface area contributed by atoms with Crippen LogP contribution in [0.25, 0.3) is 0 Å². The number of hydrogen-bond donors (Lipinski definition) is 1. The van der Waals surface area contributed by atoms with Crippen LogP contribution in [-0.2, 0) is 17.6 Å². The van der Waals surface area contributed by atoms with Crippen LogP contribution in [0.3, 0.4) is 0 Å². The van der Waals surface area contributed by atoms with Gasteiger partial charge in [-0.2, -0.15) is 0 Å². The Bertz CT molecular complexity index is 662. The molecule has 2 rings (SSSR count). The fraction of sp³-hybridized carbons (Fsp3) is 0.316. The van der Waals surface area contributed by atoms with Crippen LogP contribution in [0, 0.1) is 0 Å². The molecule has 4 heteroatoms. The minimum atomic E-state index is -0.841. The molecular weight excluding hydrogens is 292 g/mol. The second-order valence-electron chi connectivity index (χ2n) is 5.37. The van der Waals surface area contributed by atoms with Crippen LogP contribution in [0.1, 0.15) is 29.5 Å². The number of carbonyl (C=O) groups is 1. The minimum Gasteiger partial charge on any atom is -0.497 e. The molecule has 0 bridgehead atoms. The Balaban J connectivity index is 2.30. The Morgan fingerprint density at radius 2 is 1.78 bits per heavy atom. The van der Waals surface area contributed by atoms with Crippen LogP contribution >= 0.6 is 0 Å². The molecule has 0 saturated carbocycles. The quantitative estimate of drug-likeness (QED) is 0.847. The van der Waals surface area contributed by atoms with Gasteiger partial charge < -0.3 is 14.6 Å². The van der Waals surface area contributed by atoms with Crippen molar-refractivity contribution in [3.05, 3.63) is 59.2 Å². The number of hydrogen-bond acceptors (Lipinski definition) is 3. The van der Waals surface area contributed by atoms with Gasteiger partial charge >= 0.3 is 5.97 Å². The number of carboxylic acid groups (broad SMARTS) is 1. The molecule has 0 saturated heterocycles. The molecular formula is C19H22O4. The topological polar surface area (TPSA) is 55.8 Å². The molecule has 23 heavy (non-hydrogen) atoms. The van der Waals surface area contributed by atoms with Gasteiger partial charge in [-0.05, 0) is 35.6 Å². The Hall–Kier alpha value is -2.49. The van der Waals surface area contributed by atoms with Crippen LogP contribution in [-0.4, -0.2) is 25.3 Å². The predicted octanol–water partition coefficient (Wildman–Crippen LogP) is 3.68. The summed E-state index contributed by atoms with van der Waals surface area (Å²) in [5.41, 5.74) is 2.84. The molecule has 1 atom stereocenters. The molecule has 2 aromatic carbocycles. The van der Waals surface area contributed by atoms with E-state index < -0.39 is 11.9 Å². The van der Waals surface area contributed by atoms with Crippen LogP contribution < -0.4 is 9.47 Å². The maximum absolute atomic E-state index is 11.7. The van der Waals surface area contributed by atoms with Crippen molar-refractivity contribution in [2.24, 2.45) is 0 Å². The summed E-state index contributed by atoms with van der Waals surface area (Å²) < 4.78 is 10.5. The van der Waals surface area contributed by atoms with E-state index in [2.05, 4.69) is 6.92 Å². The molecule has 0 aromatic heterocycles. The van der Waals surface area contributed by atoms with Crippen molar-refractivity contribution in [1.29, 1.82) is 0 Å². The highest BCUT2D eigenvalue weighted by Gasteiger charge is 2.22. The van der Waals surface area contributed by atoms with Crippen molar-refractivity contribution in [3.8, 4) is 11.5 Å². The smallest absolute Gasteiger partial charge is 0.311 e. The van der Waals surface area contributed by atoms with Gasteiger partial charge in [-0.1, -0.05) is 37.3 Å². The van der Waals surface area contributed by atoms with Gasteiger partial charge in [0.05, 0.1) is 20.1 Å². The van der Waals surface area contributed by atoms with Crippen LogP contribution in [0.4, 0.5) is 0 Å². The summed E-state index contributed by atoms with van der Waals surface area (Å²) in [6.07, 6.45) is 1.30. The van der Waals surface area contributed by atoms with Gasteiger partial charge in [0, 0.05) is 6.07 Å². The zero-order valence-corrected chi connectivity index (χ0v) is 13.7. The Kier molecular flexibility index (Phi) is 5.63. The zero-order valence-electron chi connectivity index (χ0n) is 13.7. The maximum Gasteiger partial charge on any atom is 0.311 e. The number of aryl methyl sites for hydroxylation is 1. The van der Waals surface area contributed by atoms with Gasteiger partial charge in [0.15, 0.2) is 0 Å². The first-order valence-electron chi connectivity index (χ1n) is 7.61. The average molecular weight is 314 g/mol. The van der Waals surface area contributed by atoms with E-state index in [1.165, 1.54) is 5.56 Å².